The summed E-state index contributed by atoms with van der Waals surface area (Å²) in [5.41, 5.74) is -0.472. The second kappa shape index (κ2) is 4.64. The predicted octanol–water partition coefficient (Wildman–Crippen LogP) is 2.00. The second-order valence-corrected chi connectivity index (χ2v) is 6.05. The third-order valence-corrected chi connectivity index (χ3v) is 4.18. The molecule has 0 saturated carbocycles. The van der Waals surface area contributed by atoms with Gasteiger partial charge >= 0.3 is 0 Å². The smallest absolute Gasteiger partial charge is 0.199 e. The Morgan fingerprint density at radius 2 is 2.00 bits per heavy atom. The zero-order valence-electron chi connectivity index (χ0n) is 9.56. The zero-order chi connectivity index (χ0) is 13.3. The molecule has 98 valence electrons. The van der Waals surface area contributed by atoms with E-state index in [1.807, 2.05) is 0 Å². The fraction of sp³-hybridized carbons (Fsp3) is 0.364. The van der Waals surface area contributed by atoms with E-state index >= 15 is 0 Å². The lowest BCUT2D eigenvalue weighted by atomic mass is 10.2. The average Bonchev–Trinajstić information content (AvgIpc) is 2.71. The van der Waals surface area contributed by atoms with Crippen molar-refractivity contribution in [2.45, 2.75) is 25.2 Å². The molecule has 0 N–H and O–H groups in total. The number of hydrogen-bond acceptors (Lipinski definition) is 4. The third-order valence-electron chi connectivity index (χ3n) is 2.55. The standard InChI is InChI=1S/C11H11F2NO3S/c1-7-5-11(14-17-7)18(15,16)6-8-9(12)3-2-4-10(8)13/h2-4,7H,5-6H2,1H3. The van der Waals surface area contributed by atoms with Crippen molar-refractivity contribution in [3.63, 3.8) is 0 Å². The molecule has 0 spiro atoms. The fourth-order valence-corrected chi connectivity index (χ4v) is 3.06. The Morgan fingerprint density at radius 3 is 2.50 bits per heavy atom. The molecule has 1 heterocycles. The van der Waals surface area contributed by atoms with Gasteiger partial charge in [-0.3, -0.25) is 0 Å². The second-order valence-electron chi connectivity index (χ2n) is 4.06. The van der Waals surface area contributed by atoms with Gasteiger partial charge in [-0.2, -0.15) is 0 Å². The van der Waals surface area contributed by atoms with Crippen molar-refractivity contribution in [2.75, 3.05) is 0 Å². The van der Waals surface area contributed by atoms with Crippen molar-refractivity contribution in [1.82, 2.24) is 0 Å². The SMILES string of the molecule is CC1CC(S(=O)(=O)Cc2c(F)cccc2F)=NO1. The molecule has 4 nitrogen and oxygen atoms in total. The van der Waals surface area contributed by atoms with Crippen LogP contribution in [0.1, 0.15) is 18.9 Å². The maximum absolute atomic E-state index is 13.4. The van der Waals surface area contributed by atoms with Gasteiger partial charge in [0.15, 0.2) is 14.9 Å². The van der Waals surface area contributed by atoms with E-state index in [9.17, 15) is 17.2 Å². The summed E-state index contributed by atoms with van der Waals surface area (Å²) in [7, 11) is -3.85. The summed E-state index contributed by atoms with van der Waals surface area (Å²) in [6, 6.07) is 3.21. The third kappa shape index (κ3) is 2.50. The lowest BCUT2D eigenvalue weighted by Gasteiger charge is -2.05. The van der Waals surface area contributed by atoms with Crippen molar-refractivity contribution < 1.29 is 22.0 Å². The van der Waals surface area contributed by atoms with Gasteiger partial charge in [0.05, 0.1) is 5.75 Å². The largest absolute Gasteiger partial charge is 0.392 e. The molecule has 0 aromatic heterocycles. The molecule has 7 heteroatoms. The molecular formula is C11H11F2NO3S. The summed E-state index contributed by atoms with van der Waals surface area (Å²) >= 11 is 0. The highest BCUT2D eigenvalue weighted by Crippen LogP contribution is 2.20. The molecule has 1 unspecified atom stereocenters. The van der Waals surface area contributed by atoms with E-state index in [0.717, 1.165) is 12.1 Å². The Balaban J connectivity index is 2.29. The summed E-state index contributed by atoms with van der Waals surface area (Å²) in [5.74, 6) is -2.52. The van der Waals surface area contributed by atoms with Crippen LogP contribution in [0.25, 0.3) is 0 Å². The zero-order valence-corrected chi connectivity index (χ0v) is 10.4. The highest BCUT2D eigenvalue weighted by atomic mass is 32.2. The molecule has 2 rings (SSSR count). The highest BCUT2D eigenvalue weighted by molar-refractivity contribution is 8.05. The topological polar surface area (TPSA) is 55.7 Å². The van der Waals surface area contributed by atoms with Gasteiger partial charge in [0.1, 0.15) is 17.7 Å². The quantitative estimate of drug-likeness (QED) is 0.829. The van der Waals surface area contributed by atoms with Crippen molar-refractivity contribution in [1.29, 1.82) is 0 Å². The first-order valence-electron chi connectivity index (χ1n) is 5.28. The van der Waals surface area contributed by atoms with Crippen molar-refractivity contribution in [3.8, 4) is 0 Å². The van der Waals surface area contributed by atoms with Crippen molar-refractivity contribution >= 4 is 14.9 Å². The molecular weight excluding hydrogens is 264 g/mol. The van der Waals surface area contributed by atoms with E-state index in [1.54, 1.807) is 6.92 Å². The van der Waals surface area contributed by atoms with Gasteiger partial charge in [-0.25, -0.2) is 17.2 Å². The highest BCUT2D eigenvalue weighted by Gasteiger charge is 2.30. The molecule has 0 radical (unpaired) electrons. The summed E-state index contributed by atoms with van der Waals surface area (Å²) in [4.78, 5) is 4.77. The first kappa shape index (κ1) is 12.9. The van der Waals surface area contributed by atoms with E-state index in [1.165, 1.54) is 6.07 Å². The Kier molecular flexibility index (Phi) is 3.34. The summed E-state index contributed by atoms with van der Waals surface area (Å²) in [6.07, 6.45) is -0.210. The normalized spacial score (nSPS) is 19.5. The van der Waals surface area contributed by atoms with E-state index < -0.39 is 32.8 Å². The molecule has 0 amide bonds. The fourth-order valence-electron chi connectivity index (χ4n) is 1.60. The van der Waals surface area contributed by atoms with Crippen LogP contribution in [0, 0.1) is 11.6 Å². The van der Waals surface area contributed by atoms with E-state index in [-0.39, 0.29) is 17.6 Å². The van der Waals surface area contributed by atoms with Crippen LogP contribution in [-0.2, 0) is 20.4 Å². The molecule has 1 aliphatic heterocycles. The maximum atomic E-state index is 13.4. The lowest BCUT2D eigenvalue weighted by molar-refractivity contribution is 0.0996. The molecule has 1 aromatic carbocycles. The van der Waals surface area contributed by atoms with E-state index in [0.29, 0.717) is 0 Å². The number of rotatable bonds is 2. The molecule has 0 saturated heterocycles. The van der Waals surface area contributed by atoms with Gasteiger partial charge < -0.3 is 4.84 Å². The van der Waals surface area contributed by atoms with Crippen LogP contribution in [0.3, 0.4) is 0 Å². The molecule has 0 fully saturated rings. The Morgan fingerprint density at radius 1 is 1.39 bits per heavy atom. The van der Waals surface area contributed by atoms with Gasteiger partial charge in [0.2, 0.25) is 0 Å². The van der Waals surface area contributed by atoms with Crippen LogP contribution in [-0.4, -0.2) is 19.6 Å². The summed E-state index contributed by atoms with van der Waals surface area (Å²) < 4.78 is 50.6. The van der Waals surface area contributed by atoms with Gasteiger partial charge in [-0.15, -0.1) is 0 Å². The van der Waals surface area contributed by atoms with Gasteiger partial charge in [-0.05, 0) is 19.1 Å². The van der Waals surface area contributed by atoms with Crippen LogP contribution in [0.2, 0.25) is 0 Å². The minimum atomic E-state index is -3.85. The number of hydrogen-bond donors (Lipinski definition) is 0. The van der Waals surface area contributed by atoms with Crippen LogP contribution in [0.4, 0.5) is 8.78 Å². The monoisotopic (exact) mass is 275 g/mol. The van der Waals surface area contributed by atoms with Crippen LogP contribution < -0.4 is 0 Å². The van der Waals surface area contributed by atoms with Crippen LogP contribution in [0.15, 0.2) is 23.4 Å². The molecule has 18 heavy (non-hydrogen) atoms. The number of halogens is 2. The van der Waals surface area contributed by atoms with Crippen LogP contribution in [0.5, 0.6) is 0 Å². The van der Waals surface area contributed by atoms with E-state index in [4.69, 9.17) is 4.84 Å². The lowest BCUT2D eigenvalue weighted by Crippen LogP contribution is -2.18. The first-order chi connectivity index (χ1) is 8.40. The predicted molar refractivity (Wildman–Crippen MR) is 61.6 cm³/mol. The molecule has 1 aromatic rings. The Bertz CT molecular complexity index is 578. The summed E-state index contributed by atoms with van der Waals surface area (Å²) in [5, 5.41) is 3.26. The Labute approximate surface area is 103 Å². The van der Waals surface area contributed by atoms with Crippen molar-refractivity contribution in [3.05, 3.63) is 35.4 Å². The first-order valence-corrected chi connectivity index (χ1v) is 6.93. The minimum Gasteiger partial charge on any atom is -0.392 e. The number of sulfone groups is 1. The number of oxime groups is 1. The molecule has 0 aliphatic carbocycles. The Hall–Kier alpha value is -1.50. The number of benzene rings is 1. The maximum Gasteiger partial charge on any atom is 0.199 e. The van der Waals surface area contributed by atoms with Gasteiger partial charge in [-0.1, -0.05) is 11.2 Å². The molecule has 1 atom stereocenters. The van der Waals surface area contributed by atoms with E-state index in [2.05, 4.69) is 5.16 Å². The van der Waals surface area contributed by atoms with Crippen molar-refractivity contribution in [2.24, 2.45) is 5.16 Å². The minimum absolute atomic E-state index is 0.123. The van der Waals surface area contributed by atoms with Gasteiger partial charge in [0, 0.05) is 12.0 Å². The summed E-state index contributed by atoms with van der Waals surface area (Å²) in [6.45, 7) is 1.66. The van der Waals surface area contributed by atoms with Gasteiger partial charge in [0.25, 0.3) is 0 Å². The average molecular weight is 275 g/mol. The molecule has 1 aliphatic rings. The molecule has 0 bridgehead atoms. The number of nitrogens with zero attached hydrogens (tertiary/aromatic N) is 1. The van der Waals surface area contributed by atoms with Crippen LogP contribution >= 0.6 is 0 Å².